The van der Waals surface area contributed by atoms with Crippen LogP contribution in [-0.4, -0.2) is 18.4 Å². The van der Waals surface area contributed by atoms with Crippen molar-refractivity contribution in [2.75, 3.05) is 6.61 Å². The van der Waals surface area contributed by atoms with E-state index >= 15 is 0 Å². The first kappa shape index (κ1) is 17.5. The van der Waals surface area contributed by atoms with Gasteiger partial charge in [0.1, 0.15) is 5.75 Å². The fourth-order valence-corrected chi connectivity index (χ4v) is 2.31. The van der Waals surface area contributed by atoms with Crippen LogP contribution in [0.25, 0.3) is 0 Å². The molecule has 0 aliphatic rings. The van der Waals surface area contributed by atoms with Crippen LogP contribution in [-0.2, 0) is 16.0 Å². The summed E-state index contributed by atoms with van der Waals surface area (Å²) in [5.74, 6) is 0.0630. The average Bonchev–Trinajstić information content (AvgIpc) is 2.58. The van der Waals surface area contributed by atoms with Crippen molar-refractivity contribution in [3.8, 4) is 5.75 Å². The highest BCUT2D eigenvalue weighted by Crippen LogP contribution is 2.21. The molecule has 126 valence electrons. The minimum atomic E-state index is -0.397. The molecule has 0 radical (unpaired) electrons. The first-order valence-electron chi connectivity index (χ1n) is 7.87. The SMILES string of the molecule is Cc1cccc(C)c1OCC(=O)NNC(=O)CCc1ccccc1. The molecule has 24 heavy (non-hydrogen) atoms. The predicted octanol–water partition coefficient (Wildman–Crippen LogP) is 2.46. The lowest BCUT2D eigenvalue weighted by Gasteiger charge is -2.12. The Hall–Kier alpha value is -2.82. The third-order valence-electron chi connectivity index (χ3n) is 3.58. The van der Waals surface area contributed by atoms with Gasteiger partial charge in [0.15, 0.2) is 6.61 Å². The van der Waals surface area contributed by atoms with Gasteiger partial charge in [0.05, 0.1) is 0 Å². The molecule has 5 heteroatoms. The van der Waals surface area contributed by atoms with Crippen LogP contribution in [0.2, 0.25) is 0 Å². The van der Waals surface area contributed by atoms with Crippen LogP contribution >= 0.6 is 0 Å². The molecule has 0 saturated heterocycles. The molecule has 2 aromatic carbocycles. The molecule has 0 heterocycles. The molecule has 0 spiro atoms. The lowest BCUT2D eigenvalue weighted by molar-refractivity contribution is -0.130. The Morgan fingerprint density at radius 3 is 2.17 bits per heavy atom. The summed E-state index contributed by atoms with van der Waals surface area (Å²) in [6, 6.07) is 15.5. The van der Waals surface area contributed by atoms with Gasteiger partial charge in [-0.2, -0.15) is 0 Å². The van der Waals surface area contributed by atoms with Crippen molar-refractivity contribution in [2.45, 2.75) is 26.7 Å². The van der Waals surface area contributed by atoms with Gasteiger partial charge in [-0.05, 0) is 37.0 Å². The van der Waals surface area contributed by atoms with Gasteiger partial charge in [0, 0.05) is 6.42 Å². The zero-order valence-corrected chi connectivity index (χ0v) is 14.0. The van der Waals surface area contributed by atoms with E-state index in [0.29, 0.717) is 18.6 Å². The number of para-hydroxylation sites is 1. The Balaban J connectivity index is 1.70. The van der Waals surface area contributed by atoms with E-state index in [9.17, 15) is 9.59 Å². The van der Waals surface area contributed by atoms with Crippen molar-refractivity contribution < 1.29 is 14.3 Å². The third kappa shape index (κ3) is 5.43. The van der Waals surface area contributed by atoms with Crippen molar-refractivity contribution in [2.24, 2.45) is 0 Å². The summed E-state index contributed by atoms with van der Waals surface area (Å²) in [6.07, 6.45) is 0.934. The quantitative estimate of drug-likeness (QED) is 0.801. The second kappa shape index (κ2) is 8.72. The van der Waals surface area contributed by atoms with Crippen LogP contribution in [0.1, 0.15) is 23.1 Å². The van der Waals surface area contributed by atoms with E-state index in [1.807, 2.05) is 62.4 Å². The molecule has 5 nitrogen and oxygen atoms in total. The van der Waals surface area contributed by atoms with Crippen LogP contribution in [0.15, 0.2) is 48.5 Å². The van der Waals surface area contributed by atoms with E-state index < -0.39 is 5.91 Å². The van der Waals surface area contributed by atoms with Crippen molar-refractivity contribution in [1.82, 2.24) is 10.9 Å². The number of rotatable bonds is 6. The Morgan fingerprint density at radius 1 is 0.875 bits per heavy atom. The summed E-state index contributed by atoms with van der Waals surface area (Å²) >= 11 is 0. The minimum absolute atomic E-state index is 0.148. The molecule has 2 rings (SSSR count). The summed E-state index contributed by atoms with van der Waals surface area (Å²) in [7, 11) is 0. The maximum atomic E-state index is 11.8. The molecule has 0 bridgehead atoms. The topological polar surface area (TPSA) is 67.4 Å². The number of nitrogens with one attached hydrogen (secondary N) is 2. The molecule has 0 aromatic heterocycles. The maximum absolute atomic E-state index is 11.8. The van der Waals surface area contributed by atoms with Gasteiger partial charge in [-0.1, -0.05) is 48.5 Å². The molecule has 0 aliphatic carbocycles. The molecule has 0 unspecified atom stereocenters. The number of carbonyl (C=O) groups excluding carboxylic acids is 2. The summed E-state index contributed by atoms with van der Waals surface area (Å²) < 4.78 is 5.53. The highest BCUT2D eigenvalue weighted by Gasteiger charge is 2.08. The van der Waals surface area contributed by atoms with Gasteiger partial charge in [-0.15, -0.1) is 0 Å². The predicted molar refractivity (Wildman–Crippen MR) is 92.5 cm³/mol. The largest absolute Gasteiger partial charge is 0.483 e. The highest BCUT2D eigenvalue weighted by molar-refractivity contribution is 5.82. The Kier molecular flexibility index (Phi) is 6.37. The van der Waals surface area contributed by atoms with Gasteiger partial charge >= 0.3 is 0 Å². The molecule has 2 aromatic rings. The number of aryl methyl sites for hydroxylation is 3. The van der Waals surface area contributed by atoms with Crippen LogP contribution < -0.4 is 15.6 Å². The summed E-state index contributed by atoms with van der Waals surface area (Å²) in [5.41, 5.74) is 7.78. The Bertz CT molecular complexity index is 679. The number of benzene rings is 2. The van der Waals surface area contributed by atoms with Gasteiger partial charge in [-0.3, -0.25) is 20.4 Å². The smallest absolute Gasteiger partial charge is 0.276 e. The second-order valence-electron chi connectivity index (χ2n) is 5.59. The lowest BCUT2D eigenvalue weighted by atomic mass is 10.1. The van der Waals surface area contributed by atoms with Crippen molar-refractivity contribution in [3.05, 3.63) is 65.2 Å². The minimum Gasteiger partial charge on any atom is -0.483 e. The van der Waals surface area contributed by atoms with Gasteiger partial charge in [-0.25, -0.2) is 0 Å². The van der Waals surface area contributed by atoms with E-state index in [0.717, 1.165) is 16.7 Å². The zero-order chi connectivity index (χ0) is 17.4. The van der Waals surface area contributed by atoms with Gasteiger partial charge < -0.3 is 4.74 Å². The number of hydrogen-bond donors (Lipinski definition) is 2. The molecular formula is C19H22N2O3. The normalized spacial score (nSPS) is 10.1. The Labute approximate surface area is 142 Å². The summed E-state index contributed by atoms with van der Waals surface area (Å²) in [5, 5.41) is 0. The standard InChI is InChI=1S/C19H22N2O3/c1-14-7-6-8-15(2)19(14)24-13-18(23)21-20-17(22)12-11-16-9-4-3-5-10-16/h3-10H,11-13H2,1-2H3,(H,20,22)(H,21,23). The monoisotopic (exact) mass is 326 g/mol. The Morgan fingerprint density at radius 2 is 1.50 bits per heavy atom. The second-order valence-corrected chi connectivity index (χ2v) is 5.59. The van der Waals surface area contributed by atoms with E-state index in [-0.39, 0.29) is 12.5 Å². The van der Waals surface area contributed by atoms with Crippen LogP contribution in [0.5, 0.6) is 5.75 Å². The van der Waals surface area contributed by atoms with Crippen molar-refractivity contribution in [1.29, 1.82) is 0 Å². The summed E-state index contributed by atoms with van der Waals surface area (Å²) in [4.78, 5) is 23.5. The number of amides is 2. The average molecular weight is 326 g/mol. The third-order valence-corrected chi connectivity index (χ3v) is 3.58. The maximum Gasteiger partial charge on any atom is 0.276 e. The molecule has 2 N–H and O–H groups in total. The van der Waals surface area contributed by atoms with Crippen LogP contribution in [0, 0.1) is 13.8 Å². The molecule has 0 saturated carbocycles. The van der Waals surface area contributed by atoms with Crippen molar-refractivity contribution in [3.63, 3.8) is 0 Å². The number of ether oxygens (including phenoxy) is 1. The van der Waals surface area contributed by atoms with E-state index in [1.54, 1.807) is 0 Å². The fraction of sp³-hybridized carbons (Fsp3) is 0.263. The number of hydrazine groups is 1. The first-order valence-corrected chi connectivity index (χ1v) is 7.87. The van der Waals surface area contributed by atoms with E-state index in [4.69, 9.17) is 4.74 Å². The molecular weight excluding hydrogens is 304 g/mol. The van der Waals surface area contributed by atoms with E-state index in [2.05, 4.69) is 10.9 Å². The van der Waals surface area contributed by atoms with Crippen LogP contribution in [0.3, 0.4) is 0 Å². The van der Waals surface area contributed by atoms with Gasteiger partial charge in [0.25, 0.3) is 5.91 Å². The molecule has 0 fully saturated rings. The molecule has 0 atom stereocenters. The zero-order valence-electron chi connectivity index (χ0n) is 14.0. The summed E-state index contributed by atoms with van der Waals surface area (Å²) in [6.45, 7) is 3.70. The number of hydrogen-bond acceptors (Lipinski definition) is 3. The lowest BCUT2D eigenvalue weighted by Crippen LogP contribution is -2.43. The van der Waals surface area contributed by atoms with Gasteiger partial charge in [0.2, 0.25) is 5.91 Å². The van der Waals surface area contributed by atoms with E-state index in [1.165, 1.54) is 0 Å². The van der Waals surface area contributed by atoms with Crippen LogP contribution in [0.4, 0.5) is 0 Å². The first-order chi connectivity index (χ1) is 11.6. The van der Waals surface area contributed by atoms with Crippen molar-refractivity contribution >= 4 is 11.8 Å². The number of carbonyl (C=O) groups is 2. The fourth-order valence-electron chi connectivity index (χ4n) is 2.31. The highest BCUT2D eigenvalue weighted by atomic mass is 16.5. The molecule has 0 aliphatic heterocycles. The molecule has 2 amide bonds.